The standard InChI is InChI=1S/C20H28N4O3/c1-27-16-5-2-4-14(16)18(25)23-9-7-20(11-23)12-24(13-20)19(26)15-10-22-8-3-6-17(22)21-15/h10,14,16H,2-9,11-13H2,1H3. The van der Waals surface area contributed by atoms with E-state index in [1.807, 2.05) is 16.0 Å². The molecule has 1 spiro atoms. The molecule has 0 radical (unpaired) electrons. The predicted molar refractivity (Wildman–Crippen MR) is 98.2 cm³/mol. The van der Waals surface area contributed by atoms with Crippen LogP contribution in [0.25, 0.3) is 0 Å². The Hall–Kier alpha value is -1.89. The van der Waals surface area contributed by atoms with Gasteiger partial charge in [0.15, 0.2) is 0 Å². The molecule has 1 aromatic rings. The number of likely N-dealkylation sites (tertiary alicyclic amines) is 2. The summed E-state index contributed by atoms with van der Waals surface area (Å²) < 4.78 is 7.61. The fraction of sp³-hybridized carbons (Fsp3) is 0.750. The first-order valence-corrected chi connectivity index (χ1v) is 10.3. The van der Waals surface area contributed by atoms with Crippen molar-refractivity contribution in [2.75, 3.05) is 33.3 Å². The van der Waals surface area contributed by atoms with Crippen LogP contribution in [0.2, 0.25) is 0 Å². The van der Waals surface area contributed by atoms with E-state index in [0.29, 0.717) is 5.69 Å². The number of aromatic nitrogens is 2. The van der Waals surface area contributed by atoms with Crippen LogP contribution in [-0.2, 0) is 22.5 Å². The summed E-state index contributed by atoms with van der Waals surface area (Å²) in [5.74, 6) is 1.36. The molecular formula is C20H28N4O3. The molecule has 5 rings (SSSR count). The largest absolute Gasteiger partial charge is 0.381 e. The quantitative estimate of drug-likeness (QED) is 0.803. The molecule has 1 aromatic heterocycles. The van der Waals surface area contributed by atoms with Crippen molar-refractivity contribution in [1.82, 2.24) is 19.4 Å². The number of nitrogens with zero attached hydrogens (tertiary/aromatic N) is 4. The molecule has 2 unspecified atom stereocenters. The highest BCUT2D eigenvalue weighted by molar-refractivity contribution is 5.93. The second-order valence-corrected chi connectivity index (χ2v) is 8.82. The average molecular weight is 372 g/mol. The predicted octanol–water partition coefficient (Wildman–Crippen LogP) is 1.32. The maximum Gasteiger partial charge on any atom is 0.274 e. The van der Waals surface area contributed by atoms with Gasteiger partial charge in [-0.15, -0.1) is 0 Å². The highest BCUT2D eigenvalue weighted by Gasteiger charge is 2.51. The first kappa shape index (κ1) is 17.2. The molecule has 1 saturated carbocycles. The second kappa shape index (κ2) is 6.33. The van der Waals surface area contributed by atoms with Crippen LogP contribution in [0.4, 0.5) is 0 Å². The highest BCUT2D eigenvalue weighted by Crippen LogP contribution is 2.41. The number of amides is 2. The van der Waals surface area contributed by atoms with Crippen LogP contribution >= 0.6 is 0 Å². The van der Waals surface area contributed by atoms with E-state index < -0.39 is 0 Å². The number of hydrogen-bond acceptors (Lipinski definition) is 4. The molecule has 4 heterocycles. The van der Waals surface area contributed by atoms with Crippen molar-refractivity contribution in [1.29, 1.82) is 0 Å². The number of carbonyl (C=O) groups is 2. The lowest BCUT2D eigenvalue weighted by atomic mass is 9.79. The van der Waals surface area contributed by atoms with Crippen LogP contribution < -0.4 is 0 Å². The van der Waals surface area contributed by atoms with Crippen LogP contribution in [0.15, 0.2) is 6.20 Å². The van der Waals surface area contributed by atoms with Gasteiger partial charge in [0.2, 0.25) is 5.91 Å². The van der Waals surface area contributed by atoms with Gasteiger partial charge in [-0.05, 0) is 32.1 Å². The van der Waals surface area contributed by atoms with Gasteiger partial charge in [-0.3, -0.25) is 9.59 Å². The maximum absolute atomic E-state index is 12.9. The summed E-state index contributed by atoms with van der Waals surface area (Å²) in [7, 11) is 1.71. The SMILES string of the molecule is COC1CCCC1C(=O)N1CCC2(CN(C(=O)c3cn4c(n3)CCC4)C2)C1. The summed E-state index contributed by atoms with van der Waals surface area (Å²) in [5.41, 5.74) is 0.675. The molecule has 146 valence electrons. The monoisotopic (exact) mass is 372 g/mol. The zero-order valence-electron chi connectivity index (χ0n) is 16.0. The Balaban J connectivity index is 1.19. The van der Waals surface area contributed by atoms with Crippen molar-refractivity contribution in [3.8, 4) is 0 Å². The lowest BCUT2D eigenvalue weighted by molar-refractivity contribution is -0.138. The highest BCUT2D eigenvalue weighted by atomic mass is 16.5. The van der Waals surface area contributed by atoms with E-state index in [1.165, 1.54) is 0 Å². The maximum atomic E-state index is 12.9. The van der Waals surface area contributed by atoms with Crippen LogP contribution in [0.3, 0.4) is 0 Å². The second-order valence-electron chi connectivity index (χ2n) is 8.82. The normalized spacial score (nSPS) is 28.6. The van der Waals surface area contributed by atoms with Gasteiger partial charge in [0.05, 0.1) is 12.0 Å². The third-order valence-electron chi connectivity index (χ3n) is 7.04. The Morgan fingerprint density at radius 1 is 1.15 bits per heavy atom. The fourth-order valence-corrected chi connectivity index (χ4v) is 5.53. The van der Waals surface area contributed by atoms with E-state index in [9.17, 15) is 9.59 Å². The molecule has 1 aliphatic carbocycles. The van der Waals surface area contributed by atoms with Crippen LogP contribution in [0, 0.1) is 11.3 Å². The number of methoxy groups -OCH3 is 1. The van der Waals surface area contributed by atoms with Crippen LogP contribution in [-0.4, -0.2) is 70.6 Å². The number of fused-ring (bicyclic) bond motifs is 1. The van der Waals surface area contributed by atoms with Crippen molar-refractivity contribution in [2.45, 2.75) is 51.2 Å². The molecular weight excluding hydrogens is 344 g/mol. The molecule has 7 heteroatoms. The van der Waals surface area contributed by atoms with Crippen molar-refractivity contribution in [2.24, 2.45) is 11.3 Å². The fourth-order valence-electron chi connectivity index (χ4n) is 5.53. The lowest BCUT2D eigenvalue weighted by Crippen LogP contribution is -2.59. The van der Waals surface area contributed by atoms with Gasteiger partial charge >= 0.3 is 0 Å². The number of hydrogen-bond donors (Lipinski definition) is 0. The van der Waals surface area contributed by atoms with Gasteiger partial charge in [0, 0.05) is 57.9 Å². The summed E-state index contributed by atoms with van der Waals surface area (Å²) in [6.45, 7) is 4.06. The van der Waals surface area contributed by atoms with Crippen molar-refractivity contribution in [3.63, 3.8) is 0 Å². The molecule has 2 atom stereocenters. The van der Waals surface area contributed by atoms with Gasteiger partial charge in [-0.1, -0.05) is 0 Å². The Morgan fingerprint density at radius 2 is 1.96 bits per heavy atom. The van der Waals surface area contributed by atoms with E-state index in [2.05, 4.69) is 9.55 Å². The molecule has 7 nitrogen and oxygen atoms in total. The first-order chi connectivity index (χ1) is 13.1. The first-order valence-electron chi connectivity index (χ1n) is 10.3. The molecule has 0 N–H and O–H groups in total. The van der Waals surface area contributed by atoms with E-state index in [4.69, 9.17) is 4.74 Å². The molecule has 3 aliphatic heterocycles. The Labute approximate surface area is 159 Å². The zero-order valence-corrected chi connectivity index (χ0v) is 16.0. The minimum Gasteiger partial charge on any atom is -0.381 e. The summed E-state index contributed by atoms with van der Waals surface area (Å²) >= 11 is 0. The third kappa shape index (κ3) is 2.78. The summed E-state index contributed by atoms with van der Waals surface area (Å²) in [6, 6.07) is 0. The molecule has 4 aliphatic rings. The zero-order chi connectivity index (χ0) is 18.6. The van der Waals surface area contributed by atoms with Gasteiger partial charge in [-0.2, -0.15) is 0 Å². The topological polar surface area (TPSA) is 67.7 Å². The third-order valence-corrected chi connectivity index (χ3v) is 7.04. The van der Waals surface area contributed by atoms with E-state index in [0.717, 1.165) is 77.1 Å². The van der Waals surface area contributed by atoms with Gasteiger partial charge in [0.25, 0.3) is 5.91 Å². The van der Waals surface area contributed by atoms with E-state index in [-0.39, 0.29) is 29.3 Å². The Bertz CT molecular complexity index is 746. The van der Waals surface area contributed by atoms with Crippen molar-refractivity contribution in [3.05, 3.63) is 17.7 Å². The number of imidazole rings is 1. The lowest BCUT2D eigenvalue weighted by Gasteiger charge is -2.47. The number of aryl methyl sites for hydroxylation is 2. The summed E-state index contributed by atoms with van der Waals surface area (Å²) in [6.07, 6.45) is 8.08. The van der Waals surface area contributed by atoms with Crippen molar-refractivity contribution >= 4 is 11.8 Å². The average Bonchev–Trinajstić information content (AvgIpc) is 3.41. The minimum absolute atomic E-state index is 0.0240. The van der Waals surface area contributed by atoms with Gasteiger partial charge < -0.3 is 19.1 Å². The number of carbonyl (C=O) groups excluding carboxylic acids is 2. The smallest absolute Gasteiger partial charge is 0.274 e. The van der Waals surface area contributed by atoms with E-state index in [1.54, 1.807) is 7.11 Å². The molecule has 27 heavy (non-hydrogen) atoms. The molecule has 2 saturated heterocycles. The van der Waals surface area contributed by atoms with E-state index >= 15 is 0 Å². The van der Waals surface area contributed by atoms with Crippen molar-refractivity contribution < 1.29 is 14.3 Å². The Morgan fingerprint density at radius 3 is 2.74 bits per heavy atom. The van der Waals surface area contributed by atoms with Gasteiger partial charge in [0.1, 0.15) is 11.5 Å². The molecule has 0 bridgehead atoms. The van der Waals surface area contributed by atoms with Crippen LogP contribution in [0.5, 0.6) is 0 Å². The summed E-state index contributed by atoms with van der Waals surface area (Å²) in [5, 5.41) is 0. The number of ether oxygens (including phenoxy) is 1. The molecule has 3 fully saturated rings. The van der Waals surface area contributed by atoms with Gasteiger partial charge in [-0.25, -0.2) is 4.98 Å². The number of rotatable bonds is 3. The minimum atomic E-state index is 0.0240. The van der Waals surface area contributed by atoms with Crippen LogP contribution in [0.1, 0.15) is 48.4 Å². The molecule has 0 aromatic carbocycles. The summed E-state index contributed by atoms with van der Waals surface area (Å²) in [4.78, 5) is 34.1. The molecule has 2 amide bonds. The Kier molecular flexibility index (Phi) is 4.04.